The molecule has 9 heteroatoms. The molecule has 1 aliphatic heterocycles. The summed E-state index contributed by atoms with van der Waals surface area (Å²) >= 11 is 0. The van der Waals surface area contributed by atoms with Crippen LogP contribution in [0.1, 0.15) is 65.2 Å². The fourth-order valence-electron chi connectivity index (χ4n) is 6.84. The molecule has 1 saturated heterocycles. The first-order valence-corrected chi connectivity index (χ1v) is 18.4. The Bertz CT molecular complexity index is 1940. The molecule has 5 aromatic carbocycles. The van der Waals surface area contributed by atoms with Crippen LogP contribution in [0, 0.1) is 0 Å². The van der Waals surface area contributed by atoms with Gasteiger partial charge in [-0.05, 0) is 52.9 Å². The van der Waals surface area contributed by atoms with Crippen molar-refractivity contribution in [1.29, 1.82) is 0 Å². The van der Waals surface area contributed by atoms with E-state index in [1.54, 1.807) is 0 Å². The van der Waals surface area contributed by atoms with Crippen LogP contribution in [-0.2, 0) is 38.6 Å². The number of methoxy groups -OCH3 is 1. The summed E-state index contributed by atoms with van der Waals surface area (Å²) in [5.41, 5.74) is 7.85. The van der Waals surface area contributed by atoms with Gasteiger partial charge in [-0.25, -0.2) is 9.59 Å². The number of rotatable bonds is 14. The van der Waals surface area contributed by atoms with Crippen molar-refractivity contribution in [1.82, 2.24) is 15.5 Å². The minimum atomic E-state index is -0.823. The van der Waals surface area contributed by atoms with Gasteiger partial charge in [0.15, 0.2) is 6.29 Å². The molecular formula is C45H49N3O6. The number of esters is 1. The zero-order chi connectivity index (χ0) is 37.9. The molecule has 6 rings (SSSR count). The quantitative estimate of drug-likeness (QED) is 0.101. The molecule has 0 radical (unpaired) electrons. The van der Waals surface area contributed by atoms with Crippen LogP contribution in [0.4, 0.5) is 4.79 Å². The van der Waals surface area contributed by atoms with Crippen molar-refractivity contribution in [2.45, 2.75) is 63.5 Å². The molecule has 0 unspecified atom stereocenters. The number of carbonyl (C=O) groups is 2. The molecule has 1 heterocycles. The summed E-state index contributed by atoms with van der Waals surface area (Å²) in [7, 11) is 3.44. The predicted molar refractivity (Wildman–Crippen MR) is 209 cm³/mol. The Labute approximate surface area is 317 Å². The molecule has 1 fully saturated rings. The lowest BCUT2D eigenvalue weighted by Crippen LogP contribution is -2.47. The largest absolute Gasteiger partial charge is 0.467 e. The Morgan fingerprint density at radius 1 is 0.815 bits per heavy atom. The Morgan fingerprint density at radius 3 is 2.15 bits per heavy atom. The maximum absolute atomic E-state index is 13.0. The molecule has 5 aromatic rings. The van der Waals surface area contributed by atoms with E-state index in [9.17, 15) is 14.7 Å². The van der Waals surface area contributed by atoms with Crippen LogP contribution in [0.2, 0.25) is 0 Å². The standard InChI is InChI=1S/C45H49N3O6/c1-31(34-14-8-5-9-15-34)48(2)29-39-27-42(36-20-18-33(30-49)19-21-36)54-44(53-39)37-24-22-35(23-25-37)40-17-11-10-16-38(40)28-46-45(51)47-41(43(50)52-3)26-32-12-6-4-7-13-32/h4-25,31,39,41-42,44,49H,26-30H2,1-3H3,(H2,46,47,51)/t31-,39-,41-,42+,44+/m0/s1. The van der Waals surface area contributed by atoms with Gasteiger partial charge in [0.25, 0.3) is 0 Å². The molecule has 0 bridgehead atoms. The number of hydrogen-bond donors (Lipinski definition) is 3. The van der Waals surface area contributed by atoms with Crippen molar-refractivity contribution in [2.75, 3.05) is 20.7 Å². The van der Waals surface area contributed by atoms with E-state index in [0.29, 0.717) is 12.8 Å². The van der Waals surface area contributed by atoms with Gasteiger partial charge in [0, 0.05) is 37.5 Å². The van der Waals surface area contributed by atoms with Crippen LogP contribution in [0.25, 0.3) is 11.1 Å². The van der Waals surface area contributed by atoms with E-state index in [1.807, 2.05) is 109 Å². The monoisotopic (exact) mass is 727 g/mol. The Morgan fingerprint density at radius 2 is 1.46 bits per heavy atom. The second-order valence-electron chi connectivity index (χ2n) is 13.7. The SMILES string of the molecule is COC(=O)[C@H](Cc1ccccc1)NC(=O)NCc1ccccc1-c1ccc([C@@H]2O[C@H](CN(C)[C@@H](C)c3ccccc3)C[C@H](c3ccc(CO)cc3)O2)cc1. The van der Waals surface area contributed by atoms with Crippen molar-refractivity contribution >= 4 is 12.0 Å². The summed E-state index contributed by atoms with van der Waals surface area (Å²) < 4.78 is 18.2. The van der Waals surface area contributed by atoms with E-state index in [2.05, 4.69) is 53.8 Å². The van der Waals surface area contributed by atoms with E-state index in [0.717, 1.165) is 45.5 Å². The maximum Gasteiger partial charge on any atom is 0.328 e. The van der Waals surface area contributed by atoms with Crippen molar-refractivity contribution in [3.8, 4) is 11.1 Å². The number of nitrogens with zero attached hydrogens (tertiary/aromatic N) is 1. The van der Waals surface area contributed by atoms with E-state index in [4.69, 9.17) is 14.2 Å². The Hall–Kier alpha value is -5.32. The smallest absolute Gasteiger partial charge is 0.328 e. The van der Waals surface area contributed by atoms with Gasteiger partial charge in [-0.3, -0.25) is 4.90 Å². The van der Waals surface area contributed by atoms with Gasteiger partial charge >= 0.3 is 12.0 Å². The summed E-state index contributed by atoms with van der Waals surface area (Å²) in [5.74, 6) is -0.508. The van der Waals surface area contributed by atoms with Gasteiger partial charge in [0.2, 0.25) is 0 Å². The normalized spacial score (nSPS) is 18.1. The number of amides is 2. The fourth-order valence-corrected chi connectivity index (χ4v) is 6.84. The highest BCUT2D eigenvalue weighted by molar-refractivity contribution is 5.84. The molecule has 54 heavy (non-hydrogen) atoms. The summed E-state index contributed by atoms with van der Waals surface area (Å²) in [5, 5.41) is 15.3. The number of nitrogens with one attached hydrogen (secondary N) is 2. The van der Waals surface area contributed by atoms with E-state index < -0.39 is 24.3 Å². The number of benzene rings is 5. The minimum absolute atomic E-state index is 0.00825. The van der Waals surface area contributed by atoms with Crippen LogP contribution in [0.5, 0.6) is 0 Å². The number of aliphatic hydroxyl groups is 1. The molecule has 280 valence electrons. The molecule has 0 spiro atoms. The van der Waals surface area contributed by atoms with Crippen molar-refractivity contribution in [2.24, 2.45) is 0 Å². The lowest BCUT2D eigenvalue weighted by Gasteiger charge is -2.39. The van der Waals surface area contributed by atoms with Crippen LogP contribution in [0.15, 0.2) is 133 Å². The molecule has 9 nitrogen and oxygen atoms in total. The number of ether oxygens (including phenoxy) is 3. The summed E-state index contributed by atoms with van der Waals surface area (Å²) in [6.07, 6.45) is 0.149. The summed E-state index contributed by atoms with van der Waals surface area (Å²) in [6, 6.07) is 42.9. The van der Waals surface area contributed by atoms with Crippen LogP contribution in [0.3, 0.4) is 0 Å². The van der Waals surface area contributed by atoms with Gasteiger partial charge in [0.05, 0.1) is 25.9 Å². The number of aliphatic hydroxyl groups excluding tert-OH is 1. The average molecular weight is 728 g/mol. The highest BCUT2D eigenvalue weighted by Crippen LogP contribution is 2.39. The van der Waals surface area contributed by atoms with Gasteiger partial charge in [-0.1, -0.05) is 133 Å². The second-order valence-corrected chi connectivity index (χ2v) is 13.7. The first kappa shape index (κ1) is 38.4. The molecule has 2 amide bonds. The third kappa shape index (κ3) is 10.0. The van der Waals surface area contributed by atoms with Gasteiger partial charge in [0.1, 0.15) is 6.04 Å². The lowest BCUT2D eigenvalue weighted by atomic mass is 9.97. The topological polar surface area (TPSA) is 109 Å². The highest BCUT2D eigenvalue weighted by atomic mass is 16.7. The van der Waals surface area contributed by atoms with Crippen molar-refractivity contribution < 1.29 is 28.9 Å². The predicted octanol–water partition coefficient (Wildman–Crippen LogP) is 7.67. The number of urea groups is 1. The summed E-state index contributed by atoms with van der Waals surface area (Å²) in [6.45, 7) is 3.18. The lowest BCUT2D eigenvalue weighted by molar-refractivity contribution is -0.253. The van der Waals surface area contributed by atoms with Crippen molar-refractivity contribution in [3.63, 3.8) is 0 Å². The molecular weight excluding hydrogens is 679 g/mol. The molecule has 0 aromatic heterocycles. The Kier molecular flexibility index (Phi) is 13.2. The third-order valence-corrected chi connectivity index (χ3v) is 10.1. The van der Waals surface area contributed by atoms with Gasteiger partial charge < -0.3 is 30.0 Å². The van der Waals surface area contributed by atoms with Crippen LogP contribution in [-0.4, -0.2) is 54.9 Å². The van der Waals surface area contributed by atoms with Crippen LogP contribution < -0.4 is 10.6 Å². The molecule has 0 aliphatic carbocycles. The minimum Gasteiger partial charge on any atom is -0.467 e. The molecule has 1 aliphatic rings. The van der Waals surface area contributed by atoms with Crippen molar-refractivity contribution in [3.05, 3.63) is 167 Å². The van der Waals surface area contributed by atoms with Gasteiger partial charge in [-0.15, -0.1) is 0 Å². The molecule has 0 saturated carbocycles. The number of carbonyl (C=O) groups excluding carboxylic acids is 2. The number of likely N-dealkylation sites (N-methyl/N-ethyl adjacent to an activating group) is 1. The summed E-state index contributed by atoms with van der Waals surface area (Å²) in [4.78, 5) is 27.8. The fraction of sp³-hybridized carbons (Fsp3) is 0.289. The van der Waals surface area contributed by atoms with Crippen LogP contribution >= 0.6 is 0 Å². The molecule has 5 atom stereocenters. The van der Waals surface area contributed by atoms with E-state index in [-0.39, 0.29) is 31.4 Å². The number of hydrogen-bond acceptors (Lipinski definition) is 7. The molecule has 3 N–H and O–H groups in total. The first-order valence-electron chi connectivity index (χ1n) is 18.4. The zero-order valence-corrected chi connectivity index (χ0v) is 31.1. The van der Waals surface area contributed by atoms with E-state index >= 15 is 0 Å². The Balaban J connectivity index is 1.15. The maximum atomic E-state index is 13.0. The zero-order valence-electron chi connectivity index (χ0n) is 31.1. The van der Waals surface area contributed by atoms with Gasteiger partial charge in [-0.2, -0.15) is 0 Å². The first-order chi connectivity index (χ1) is 26.3. The second kappa shape index (κ2) is 18.6. The highest BCUT2D eigenvalue weighted by Gasteiger charge is 2.33. The average Bonchev–Trinajstić information content (AvgIpc) is 3.23. The van der Waals surface area contributed by atoms with E-state index in [1.165, 1.54) is 12.7 Å². The third-order valence-electron chi connectivity index (χ3n) is 10.1.